The first-order valence-corrected chi connectivity index (χ1v) is 9.00. The second-order valence-corrected chi connectivity index (χ2v) is 6.91. The van der Waals surface area contributed by atoms with Crippen molar-refractivity contribution in [3.8, 4) is 0 Å². The van der Waals surface area contributed by atoms with E-state index in [9.17, 15) is 9.59 Å². The monoisotopic (exact) mass is 340 g/mol. The van der Waals surface area contributed by atoms with Crippen LogP contribution < -0.4 is 4.90 Å². The van der Waals surface area contributed by atoms with Crippen molar-refractivity contribution in [2.24, 2.45) is 5.92 Å². The molecule has 1 aromatic heterocycles. The number of amides is 1. The number of carbonyl (C=O) groups is 2. The van der Waals surface area contributed by atoms with E-state index in [-0.39, 0.29) is 17.6 Å². The second kappa shape index (κ2) is 7.09. The summed E-state index contributed by atoms with van der Waals surface area (Å²) in [6.45, 7) is 3.51. The molecule has 5 heteroatoms. The Bertz CT molecular complexity index is 780. The minimum Gasteiger partial charge on any atom is -0.294 e. The van der Waals surface area contributed by atoms with Crippen LogP contribution in [0.4, 0.5) is 10.8 Å². The fourth-order valence-electron chi connectivity index (χ4n) is 2.94. The van der Waals surface area contributed by atoms with Crippen LogP contribution in [0.25, 0.3) is 6.08 Å². The normalized spacial score (nSPS) is 19.5. The number of hydrogen-bond donors (Lipinski definition) is 0. The van der Waals surface area contributed by atoms with Gasteiger partial charge in [0.2, 0.25) is 5.91 Å². The molecule has 2 aromatic rings. The summed E-state index contributed by atoms with van der Waals surface area (Å²) in [7, 11) is 0. The zero-order valence-corrected chi connectivity index (χ0v) is 14.7. The highest BCUT2D eigenvalue weighted by molar-refractivity contribution is 7.14. The third-order valence-corrected chi connectivity index (χ3v) is 5.04. The Morgan fingerprint density at radius 1 is 1.33 bits per heavy atom. The third kappa shape index (κ3) is 3.46. The molecule has 3 rings (SSSR count). The molecule has 0 spiro atoms. The van der Waals surface area contributed by atoms with Crippen molar-refractivity contribution in [3.63, 3.8) is 0 Å². The summed E-state index contributed by atoms with van der Waals surface area (Å²) < 4.78 is 0. The number of benzene rings is 1. The van der Waals surface area contributed by atoms with Crippen LogP contribution in [-0.2, 0) is 9.59 Å². The molecule has 4 nitrogen and oxygen atoms in total. The number of allylic oxidation sites excluding steroid dienone is 1. The average Bonchev–Trinajstić information content (AvgIpc) is 3.01. The summed E-state index contributed by atoms with van der Waals surface area (Å²) in [5, 5.41) is 2.52. The van der Waals surface area contributed by atoms with E-state index >= 15 is 0 Å². The van der Waals surface area contributed by atoms with E-state index in [1.165, 1.54) is 18.3 Å². The fourth-order valence-corrected chi connectivity index (χ4v) is 3.78. The summed E-state index contributed by atoms with van der Waals surface area (Å²) in [4.78, 5) is 30.5. The molecule has 24 heavy (non-hydrogen) atoms. The number of ketones is 1. The minimum absolute atomic E-state index is 0.0860. The molecule has 1 fully saturated rings. The molecule has 1 aromatic carbocycles. The van der Waals surface area contributed by atoms with Gasteiger partial charge in [0.25, 0.3) is 0 Å². The van der Waals surface area contributed by atoms with Gasteiger partial charge in [-0.25, -0.2) is 4.98 Å². The minimum atomic E-state index is -0.0860. The maximum absolute atomic E-state index is 12.2. The Morgan fingerprint density at radius 2 is 2.08 bits per heavy atom. The average molecular weight is 340 g/mol. The van der Waals surface area contributed by atoms with Crippen LogP contribution in [0.5, 0.6) is 0 Å². The Hall–Kier alpha value is -2.27. The number of nitrogens with zero attached hydrogens (tertiary/aromatic N) is 2. The molecule has 124 valence electrons. The molecule has 0 saturated heterocycles. The molecular weight excluding hydrogens is 320 g/mol. The van der Waals surface area contributed by atoms with E-state index in [0.717, 1.165) is 36.2 Å². The predicted molar refractivity (Wildman–Crippen MR) is 97.4 cm³/mol. The first-order valence-electron chi connectivity index (χ1n) is 8.12. The third-order valence-electron chi connectivity index (χ3n) is 4.20. The van der Waals surface area contributed by atoms with Crippen molar-refractivity contribution in [2.45, 2.75) is 33.1 Å². The lowest BCUT2D eigenvalue weighted by Crippen LogP contribution is -2.22. The van der Waals surface area contributed by atoms with E-state index in [1.54, 1.807) is 4.90 Å². The Morgan fingerprint density at radius 3 is 2.79 bits per heavy atom. The van der Waals surface area contributed by atoms with Gasteiger partial charge in [0.15, 0.2) is 10.9 Å². The van der Waals surface area contributed by atoms with Gasteiger partial charge in [-0.05, 0) is 43.0 Å². The molecule has 0 bridgehead atoms. The topological polar surface area (TPSA) is 50.3 Å². The molecule has 1 saturated carbocycles. The van der Waals surface area contributed by atoms with Gasteiger partial charge in [-0.2, -0.15) is 0 Å². The van der Waals surface area contributed by atoms with Gasteiger partial charge in [-0.3, -0.25) is 14.5 Å². The molecule has 1 aliphatic carbocycles. The van der Waals surface area contributed by atoms with E-state index in [4.69, 9.17) is 0 Å². The second-order valence-electron chi connectivity index (χ2n) is 6.07. The summed E-state index contributed by atoms with van der Waals surface area (Å²) in [5.74, 6) is 0.237. The molecular formula is C19H20N2O2S. The van der Waals surface area contributed by atoms with Gasteiger partial charge in [0.05, 0.1) is 11.4 Å². The van der Waals surface area contributed by atoms with E-state index in [1.807, 2.05) is 48.7 Å². The molecule has 1 heterocycles. The van der Waals surface area contributed by atoms with Crippen LogP contribution in [0, 0.1) is 5.92 Å². The first kappa shape index (κ1) is 16.6. The van der Waals surface area contributed by atoms with E-state index in [2.05, 4.69) is 4.98 Å². The first-order chi connectivity index (χ1) is 11.6. The van der Waals surface area contributed by atoms with Crippen molar-refractivity contribution in [1.29, 1.82) is 0 Å². The quantitative estimate of drug-likeness (QED) is 0.767. The Labute approximate surface area is 145 Å². The van der Waals surface area contributed by atoms with Gasteiger partial charge in [-0.15, -0.1) is 11.3 Å². The largest absolute Gasteiger partial charge is 0.294 e. The van der Waals surface area contributed by atoms with Crippen molar-refractivity contribution >= 4 is 39.9 Å². The highest BCUT2D eigenvalue weighted by Gasteiger charge is 2.23. The zero-order valence-electron chi connectivity index (χ0n) is 13.9. The predicted octanol–water partition coefficient (Wildman–Crippen LogP) is 4.60. The Balaban J connectivity index is 1.89. The lowest BCUT2D eigenvalue weighted by atomic mass is 9.85. The summed E-state index contributed by atoms with van der Waals surface area (Å²) in [6, 6.07) is 9.46. The zero-order chi connectivity index (χ0) is 17.1. The van der Waals surface area contributed by atoms with E-state index in [0.29, 0.717) is 5.13 Å². The van der Waals surface area contributed by atoms with Gasteiger partial charge in [-0.1, -0.05) is 25.1 Å². The molecule has 1 amide bonds. The van der Waals surface area contributed by atoms with Gasteiger partial charge in [0, 0.05) is 18.2 Å². The number of para-hydroxylation sites is 1. The van der Waals surface area contributed by atoms with Crippen LogP contribution in [0.3, 0.4) is 0 Å². The molecule has 0 N–H and O–H groups in total. The fraction of sp³-hybridized carbons (Fsp3) is 0.316. The number of thiazole rings is 1. The Kier molecular flexibility index (Phi) is 4.90. The summed E-state index contributed by atoms with van der Waals surface area (Å²) in [6.07, 6.45) is 4.69. The SMILES string of the molecule is CC(=O)N(c1ccccc1)c1nc(/C=C2/CCC[C@H](C)C2=O)cs1. The number of aromatic nitrogens is 1. The van der Waals surface area contributed by atoms with Crippen LogP contribution in [0.1, 0.15) is 38.8 Å². The molecule has 1 atom stereocenters. The molecule has 0 aliphatic heterocycles. The maximum Gasteiger partial charge on any atom is 0.230 e. The van der Waals surface area contributed by atoms with Crippen LogP contribution in [-0.4, -0.2) is 16.7 Å². The lowest BCUT2D eigenvalue weighted by Gasteiger charge is -2.19. The molecule has 1 aliphatic rings. The van der Waals surface area contributed by atoms with Gasteiger partial charge < -0.3 is 0 Å². The van der Waals surface area contributed by atoms with Crippen molar-refractivity contribution in [3.05, 3.63) is 47.0 Å². The molecule has 0 unspecified atom stereocenters. The lowest BCUT2D eigenvalue weighted by molar-refractivity contribution is -0.120. The number of Topliss-reactive ketones (excluding diaryl/α,β-unsaturated/α-hetero) is 1. The van der Waals surface area contributed by atoms with E-state index < -0.39 is 0 Å². The number of rotatable bonds is 3. The van der Waals surface area contributed by atoms with Crippen molar-refractivity contribution < 1.29 is 9.59 Å². The van der Waals surface area contributed by atoms with Crippen LogP contribution in [0.2, 0.25) is 0 Å². The number of hydrogen-bond acceptors (Lipinski definition) is 4. The van der Waals surface area contributed by atoms with Crippen LogP contribution in [0.15, 0.2) is 41.3 Å². The summed E-state index contributed by atoms with van der Waals surface area (Å²) >= 11 is 1.41. The van der Waals surface area contributed by atoms with Gasteiger partial charge >= 0.3 is 0 Å². The number of anilines is 2. The maximum atomic E-state index is 12.2. The molecule has 0 radical (unpaired) electrons. The highest BCUT2D eigenvalue weighted by atomic mass is 32.1. The summed E-state index contributed by atoms with van der Waals surface area (Å²) in [5.41, 5.74) is 2.38. The number of carbonyl (C=O) groups excluding carboxylic acids is 2. The van der Waals surface area contributed by atoms with Gasteiger partial charge in [0.1, 0.15) is 0 Å². The van der Waals surface area contributed by atoms with Crippen molar-refractivity contribution in [2.75, 3.05) is 4.90 Å². The standard InChI is InChI=1S/C19H20N2O2S/c1-13-7-6-8-15(18(13)23)11-16-12-24-19(20-16)21(14(2)22)17-9-4-3-5-10-17/h3-5,9-13H,6-8H2,1-2H3/b15-11-/t13-/m0/s1. The smallest absolute Gasteiger partial charge is 0.230 e. The van der Waals surface area contributed by atoms with Crippen molar-refractivity contribution in [1.82, 2.24) is 4.98 Å². The highest BCUT2D eigenvalue weighted by Crippen LogP contribution is 2.31. The van der Waals surface area contributed by atoms with Crippen LogP contribution >= 0.6 is 11.3 Å².